The van der Waals surface area contributed by atoms with Crippen LogP contribution < -0.4 is 16.0 Å². The molecule has 0 unspecified atom stereocenters. The quantitative estimate of drug-likeness (QED) is 0.456. The fourth-order valence-corrected chi connectivity index (χ4v) is 1.53. The van der Waals surface area contributed by atoms with Crippen LogP contribution in [0.25, 0.3) is 0 Å². The lowest BCUT2D eigenvalue weighted by molar-refractivity contribution is -0.136. The monoisotopic (exact) mass is 255 g/mol. The minimum absolute atomic E-state index is 0.0669. The minimum atomic E-state index is -0.862. The van der Waals surface area contributed by atoms with Gasteiger partial charge in [-0.3, -0.25) is 25.0 Å². The molecule has 0 aromatic rings. The first-order chi connectivity index (χ1) is 8.41. The van der Waals surface area contributed by atoms with Crippen LogP contribution in [0.2, 0.25) is 0 Å². The van der Waals surface area contributed by atoms with Gasteiger partial charge in [0.05, 0.1) is 0 Å². The third-order valence-corrected chi connectivity index (χ3v) is 2.60. The summed E-state index contributed by atoms with van der Waals surface area (Å²) in [4.78, 5) is 44.8. The smallest absolute Gasteiger partial charge is 0.328 e. The van der Waals surface area contributed by atoms with Gasteiger partial charge in [-0.05, 0) is 12.8 Å². The normalized spacial score (nSPS) is 16.5. The van der Waals surface area contributed by atoms with E-state index in [2.05, 4.69) is 5.32 Å². The summed E-state index contributed by atoms with van der Waals surface area (Å²) in [6.45, 7) is 3.97. The molecule has 0 spiro atoms. The second-order valence-electron chi connectivity index (χ2n) is 4.45. The lowest BCUT2D eigenvalue weighted by atomic mass is 10.00. The number of carbonyl (C=O) groups excluding carboxylic acids is 4. The van der Waals surface area contributed by atoms with E-state index in [1.807, 2.05) is 10.6 Å². The number of barbiturate groups is 1. The predicted molar refractivity (Wildman–Crippen MR) is 62.3 cm³/mol. The van der Waals surface area contributed by atoms with Crippen molar-refractivity contribution in [3.05, 3.63) is 0 Å². The molecule has 1 rings (SSSR count). The van der Waals surface area contributed by atoms with E-state index in [-0.39, 0.29) is 11.8 Å². The van der Waals surface area contributed by atoms with E-state index >= 15 is 0 Å². The van der Waals surface area contributed by atoms with Gasteiger partial charge in [0.2, 0.25) is 17.7 Å². The summed E-state index contributed by atoms with van der Waals surface area (Å²) in [6, 6.07) is -0.783. The molecule has 100 valence electrons. The van der Waals surface area contributed by atoms with Crippen LogP contribution in [0.15, 0.2) is 0 Å². The molecular formula is C11H17N3O4. The van der Waals surface area contributed by atoms with Gasteiger partial charge in [-0.25, -0.2) is 4.79 Å². The van der Waals surface area contributed by atoms with Gasteiger partial charge >= 0.3 is 6.03 Å². The summed E-state index contributed by atoms with van der Waals surface area (Å²) in [5, 5.41) is 6.75. The van der Waals surface area contributed by atoms with Crippen molar-refractivity contribution < 1.29 is 19.2 Å². The van der Waals surface area contributed by atoms with Gasteiger partial charge in [-0.1, -0.05) is 13.8 Å². The van der Waals surface area contributed by atoms with E-state index in [4.69, 9.17) is 0 Å². The lowest BCUT2D eigenvalue weighted by Crippen LogP contribution is -2.55. The van der Waals surface area contributed by atoms with Crippen molar-refractivity contribution in [3.8, 4) is 0 Å². The maximum absolute atomic E-state index is 11.4. The Balaban J connectivity index is 2.31. The number of carbonyl (C=O) groups is 4. The van der Waals surface area contributed by atoms with Gasteiger partial charge in [0.1, 0.15) is 5.92 Å². The average Bonchev–Trinajstić information content (AvgIpc) is 2.26. The van der Waals surface area contributed by atoms with Crippen LogP contribution in [0.3, 0.4) is 0 Å². The highest BCUT2D eigenvalue weighted by Crippen LogP contribution is 2.09. The topological polar surface area (TPSA) is 104 Å². The molecule has 0 atom stereocenters. The lowest BCUT2D eigenvalue weighted by Gasteiger charge is -2.20. The Labute approximate surface area is 105 Å². The summed E-state index contributed by atoms with van der Waals surface area (Å²) >= 11 is 0. The van der Waals surface area contributed by atoms with E-state index in [0.29, 0.717) is 19.4 Å². The van der Waals surface area contributed by atoms with Crippen molar-refractivity contribution in [2.75, 3.05) is 6.54 Å². The molecule has 0 bridgehead atoms. The number of imide groups is 2. The Morgan fingerprint density at radius 3 is 2.28 bits per heavy atom. The van der Waals surface area contributed by atoms with Gasteiger partial charge in [0.25, 0.3) is 0 Å². The molecule has 0 radical (unpaired) electrons. The maximum Gasteiger partial charge on any atom is 0.328 e. The highest BCUT2D eigenvalue weighted by atomic mass is 16.2. The van der Waals surface area contributed by atoms with E-state index in [1.165, 1.54) is 0 Å². The number of urea groups is 1. The average molecular weight is 255 g/mol. The largest absolute Gasteiger partial charge is 0.356 e. The van der Waals surface area contributed by atoms with E-state index < -0.39 is 23.8 Å². The van der Waals surface area contributed by atoms with E-state index in [0.717, 1.165) is 0 Å². The zero-order chi connectivity index (χ0) is 13.7. The highest BCUT2D eigenvalue weighted by molar-refractivity contribution is 6.16. The number of rotatable bonds is 5. The van der Waals surface area contributed by atoms with Crippen LogP contribution in [-0.2, 0) is 14.4 Å². The van der Waals surface area contributed by atoms with Crippen molar-refractivity contribution in [1.29, 1.82) is 0 Å². The van der Waals surface area contributed by atoms with Crippen LogP contribution in [0.4, 0.5) is 4.79 Å². The first kappa shape index (κ1) is 14.1. The maximum atomic E-state index is 11.4. The molecule has 1 heterocycles. The Kier molecular flexibility index (Phi) is 4.82. The fraction of sp³-hybridized carbons (Fsp3) is 0.636. The third kappa shape index (κ3) is 3.83. The highest BCUT2D eigenvalue weighted by Gasteiger charge is 2.33. The first-order valence-corrected chi connectivity index (χ1v) is 5.85. The number of hydrogen-bond acceptors (Lipinski definition) is 4. The van der Waals surface area contributed by atoms with Gasteiger partial charge in [-0.15, -0.1) is 0 Å². The molecule has 0 aromatic carbocycles. The summed E-state index contributed by atoms with van der Waals surface area (Å²) in [5.41, 5.74) is 0. The van der Waals surface area contributed by atoms with Crippen molar-refractivity contribution in [2.24, 2.45) is 11.8 Å². The van der Waals surface area contributed by atoms with Crippen LogP contribution in [0, 0.1) is 11.8 Å². The summed E-state index contributed by atoms with van der Waals surface area (Å²) in [7, 11) is 0. The van der Waals surface area contributed by atoms with Crippen LogP contribution in [0.5, 0.6) is 0 Å². The molecule has 1 aliphatic heterocycles. The Morgan fingerprint density at radius 2 is 1.78 bits per heavy atom. The van der Waals surface area contributed by atoms with Gasteiger partial charge in [0, 0.05) is 12.5 Å². The standard InChI is InChI=1S/C11H17N3O4/c1-6(2)8(15)12-5-3-4-7-9(16)13-11(18)14-10(7)17/h6-7H,3-5H2,1-2H3,(H,12,15)(H2,13,14,16,17,18). The molecule has 1 saturated heterocycles. The van der Waals surface area contributed by atoms with Gasteiger partial charge < -0.3 is 5.32 Å². The fourth-order valence-electron chi connectivity index (χ4n) is 1.53. The molecule has 0 saturated carbocycles. The van der Waals surface area contributed by atoms with Crippen molar-refractivity contribution in [3.63, 3.8) is 0 Å². The summed E-state index contributed by atoms with van der Waals surface area (Å²) in [5.74, 6) is -2.19. The zero-order valence-electron chi connectivity index (χ0n) is 10.4. The number of amides is 5. The van der Waals surface area contributed by atoms with Crippen LogP contribution >= 0.6 is 0 Å². The molecule has 18 heavy (non-hydrogen) atoms. The van der Waals surface area contributed by atoms with Crippen molar-refractivity contribution in [2.45, 2.75) is 26.7 Å². The van der Waals surface area contributed by atoms with Gasteiger partial charge in [-0.2, -0.15) is 0 Å². The third-order valence-electron chi connectivity index (χ3n) is 2.60. The molecule has 7 nitrogen and oxygen atoms in total. The second-order valence-corrected chi connectivity index (χ2v) is 4.45. The summed E-state index contributed by atoms with van der Waals surface area (Å²) < 4.78 is 0. The molecule has 5 amide bonds. The summed E-state index contributed by atoms with van der Waals surface area (Å²) in [6.07, 6.45) is 0.793. The minimum Gasteiger partial charge on any atom is -0.356 e. The Morgan fingerprint density at radius 1 is 1.22 bits per heavy atom. The van der Waals surface area contributed by atoms with Crippen LogP contribution in [0.1, 0.15) is 26.7 Å². The van der Waals surface area contributed by atoms with E-state index in [1.54, 1.807) is 13.8 Å². The van der Waals surface area contributed by atoms with Crippen LogP contribution in [-0.4, -0.2) is 30.3 Å². The number of nitrogens with one attached hydrogen (secondary N) is 3. The molecule has 7 heteroatoms. The molecule has 3 N–H and O–H groups in total. The predicted octanol–water partition coefficient (Wildman–Crippen LogP) is -0.479. The molecule has 1 aliphatic rings. The van der Waals surface area contributed by atoms with Gasteiger partial charge in [0.15, 0.2) is 0 Å². The molecule has 0 aromatic heterocycles. The molecule has 0 aliphatic carbocycles. The van der Waals surface area contributed by atoms with E-state index in [9.17, 15) is 19.2 Å². The number of hydrogen-bond donors (Lipinski definition) is 3. The molecular weight excluding hydrogens is 238 g/mol. The van der Waals surface area contributed by atoms with Crippen molar-refractivity contribution >= 4 is 23.8 Å². The zero-order valence-corrected chi connectivity index (χ0v) is 10.4. The van der Waals surface area contributed by atoms with Crippen molar-refractivity contribution in [1.82, 2.24) is 16.0 Å². The SMILES string of the molecule is CC(C)C(=O)NCCCC1C(=O)NC(=O)NC1=O. The Bertz CT molecular complexity index is 358. The molecule has 1 fully saturated rings. The second kappa shape index (κ2) is 6.13. The first-order valence-electron chi connectivity index (χ1n) is 5.85. The Hall–Kier alpha value is -1.92.